The van der Waals surface area contributed by atoms with Crippen LogP contribution in [0.3, 0.4) is 0 Å². The molecule has 0 spiro atoms. The van der Waals surface area contributed by atoms with Gasteiger partial charge in [-0.15, -0.1) is 0 Å². The van der Waals surface area contributed by atoms with E-state index in [4.69, 9.17) is 0 Å². The minimum absolute atomic E-state index is 0.613. The summed E-state index contributed by atoms with van der Waals surface area (Å²) in [5.41, 5.74) is 0.613. The van der Waals surface area contributed by atoms with Crippen molar-refractivity contribution in [3.05, 3.63) is 0 Å². The van der Waals surface area contributed by atoms with Crippen molar-refractivity contribution in [3.63, 3.8) is 0 Å². The van der Waals surface area contributed by atoms with Crippen molar-refractivity contribution in [3.8, 4) is 0 Å². The zero-order valence-corrected chi connectivity index (χ0v) is 11.4. The van der Waals surface area contributed by atoms with E-state index in [0.717, 1.165) is 17.8 Å². The second-order valence-electron chi connectivity index (χ2n) is 5.79. The molecule has 86 valence electrons. The molecule has 1 rings (SSSR count). The Morgan fingerprint density at radius 2 is 1.64 bits per heavy atom. The van der Waals surface area contributed by atoms with Gasteiger partial charge < -0.3 is 0 Å². The summed E-state index contributed by atoms with van der Waals surface area (Å²) in [4.78, 5) is 0. The number of hydrogen-bond acceptors (Lipinski definition) is 0. The van der Waals surface area contributed by atoms with E-state index in [0.29, 0.717) is 5.41 Å². The van der Waals surface area contributed by atoms with Crippen LogP contribution in [0.4, 0.5) is 0 Å². The maximum Gasteiger partial charge on any atom is -0.0351 e. The summed E-state index contributed by atoms with van der Waals surface area (Å²) in [7, 11) is 0. The lowest BCUT2D eigenvalue weighted by molar-refractivity contribution is 0.0948. The smallest absolute Gasteiger partial charge is 0.0351 e. The van der Waals surface area contributed by atoms with Gasteiger partial charge in [-0.2, -0.15) is 0 Å². The second kappa shape index (κ2) is 5.78. The van der Waals surface area contributed by atoms with Gasteiger partial charge in [0.05, 0.1) is 0 Å². The first-order chi connectivity index (χ1) is 6.42. The molecule has 0 heterocycles. The van der Waals surface area contributed by atoms with Gasteiger partial charge in [0.2, 0.25) is 0 Å². The second-order valence-corrected chi connectivity index (χ2v) is 5.79. The zero-order chi connectivity index (χ0) is 11.4. The van der Waals surface area contributed by atoms with Gasteiger partial charge in [0.15, 0.2) is 0 Å². The molecule has 14 heavy (non-hydrogen) atoms. The Morgan fingerprint density at radius 1 is 1.14 bits per heavy atom. The minimum atomic E-state index is 0.613. The first-order valence-corrected chi connectivity index (χ1v) is 6.42. The highest BCUT2D eigenvalue weighted by atomic mass is 14.4. The van der Waals surface area contributed by atoms with Crippen molar-refractivity contribution in [1.82, 2.24) is 0 Å². The predicted octanol–water partition coefficient (Wildman–Crippen LogP) is 5.13. The van der Waals surface area contributed by atoms with Crippen LogP contribution < -0.4 is 0 Å². The van der Waals surface area contributed by atoms with Crippen LogP contribution >= 0.6 is 0 Å². The van der Waals surface area contributed by atoms with Crippen molar-refractivity contribution in [2.75, 3.05) is 0 Å². The van der Waals surface area contributed by atoms with Crippen LogP contribution in [0.2, 0.25) is 0 Å². The maximum absolute atomic E-state index is 2.43. The average molecular weight is 198 g/mol. The van der Waals surface area contributed by atoms with Gasteiger partial charge in [-0.1, -0.05) is 48.5 Å². The Bertz CT molecular complexity index is 144. The molecule has 2 unspecified atom stereocenters. The Labute approximate surface area is 91.5 Å². The lowest BCUT2D eigenvalue weighted by Crippen LogP contribution is -2.31. The standard InChI is InChI=1S/C12H24.C2H6/c1-9(2)11-8-12(4,5)7-6-10(11)3;1-2/h9-11H,6-8H2,1-5H3;1-2H3. The SMILES string of the molecule is CC.CC(C)C1CC(C)(C)CCC1C. The first kappa shape index (κ1) is 14.0. The van der Waals surface area contributed by atoms with Gasteiger partial charge in [0.1, 0.15) is 0 Å². The van der Waals surface area contributed by atoms with E-state index in [9.17, 15) is 0 Å². The van der Waals surface area contributed by atoms with Crippen molar-refractivity contribution in [1.29, 1.82) is 0 Å². The molecular weight excluding hydrogens is 168 g/mol. The van der Waals surface area contributed by atoms with Crippen LogP contribution in [0.15, 0.2) is 0 Å². The van der Waals surface area contributed by atoms with Crippen molar-refractivity contribution < 1.29 is 0 Å². The van der Waals surface area contributed by atoms with Crippen molar-refractivity contribution in [2.45, 2.75) is 67.7 Å². The monoisotopic (exact) mass is 198 g/mol. The summed E-state index contributed by atoms with van der Waals surface area (Å²) in [6, 6.07) is 0. The van der Waals surface area contributed by atoms with E-state index in [1.807, 2.05) is 13.8 Å². The van der Waals surface area contributed by atoms with E-state index < -0.39 is 0 Å². The van der Waals surface area contributed by atoms with Gasteiger partial charge in [-0.05, 0) is 42.4 Å². The largest absolute Gasteiger partial charge is 0.0683 e. The van der Waals surface area contributed by atoms with Gasteiger partial charge in [0.25, 0.3) is 0 Å². The summed E-state index contributed by atoms with van der Waals surface area (Å²) in [6.07, 6.45) is 4.30. The fourth-order valence-corrected chi connectivity index (χ4v) is 2.67. The number of rotatable bonds is 1. The molecule has 1 aliphatic carbocycles. The molecule has 0 radical (unpaired) electrons. The maximum atomic E-state index is 2.43. The van der Waals surface area contributed by atoms with Crippen LogP contribution in [0.1, 0.15) is 67.7 Å². The predicted molar refractivity (Wildman–Crippen MR) is 66.5 cm³/mol. The van der Waals surface area contributed by atoms with Crippen molar-refractivity contribution >= 4 is 0 Å². The van der Waals surface area contributed by atoms with Crippen LogP contribution in [-0.2, 0) is 0 Å². The van der Waals surface area contributed by atoms with E-state index in [1.165, 1.54) is 19.3 Å². The van der Waals surface area contributed by atoms with Gasteiger partial charge in [0, 0.05) is 0 Å². The van der Waals surface area contributed by atoms with Crippen LogP contribution in [0, 0.1) is 23.2 Å². The molecule has 2 atom stereocenters. The lowest BCUT2D eigenvalue weighted by atomic mass is 9.64. The molecule has 0 saturated heterocycles. The normalized spacial score (nSPS) is 30.9. The number of hydrogen-bond donors (Lipinski definition) is 0. The average Bonchev–Trinajstić information content (AvgIpc) is 2.12. The van der Waals surface area contributed by atoms with Crippen molar-refractivity contribution in [2.24, 2.45) is 23.2 Å². The first-order valence-electron chi connectivity index (χ1n) is 6.42. The Morgan fingerprint density at radius 3 is 2.00 bits per heavy atom. The highest BCUT2D eigenvalue weighted by Gasteiger charge is 2.33. The summed E-state index contributed by atoms with van der Waals surface area (Å²) < 4.78 is 0. The van der Waals surface area contributed by atoms with Crippen LogP contribution in [-0.4, -0.2) is 0 Å². The molecule has 0 N–H and O–H groups in total. The Hall–Kier alpha value is 0. The van der Waals surface area contributed by atoms with Crippen LogP contribution in [0.5, 0.6) is 0 Å². The molecule has 0 bridgehead atoms. The molecule has 0 aromatic heterocycles. The van der Waals surface area contributed by atoms with Gasteiger partial charge >= 0.3 is 0 Å². The molecule has 1 aliphatic rings. The van der Waals surface area contributed by atoms with E-state index in [2.05, 4.69) is 34.6 Å². The Kier molecular flexibility index (Phi) is 5.78. The zero-order valence-electron chi connectivity index (χ0n) is 11.4. The summed E-state index contributed by atoms with van der Waals surface area (Å²) in [5, 5.41) is 0. The summed E-state index contributed by atoms with van der Waals surface area (Å²) >= 11 is 0. The lowest BCUT2D eigenvalue weighted by Gasteiger charge is -2.41. The molecular formula is C14H30. The fraction of sp³-hybridized carbons (Fsp3) is 1.00. The third kappa shape index (κ3) is 4.02. The summed E-state index contributed by atoms with van der Waals surface area (Å²) in [5.74, 6) is 2.80. The molecule has 0 aliphatic heterocycles. The van der Waals surface area contributed by atoms with E-state index in [1.54, 1.807) is 0 Å². The minimum Gasteiger partial charge on any atom is -0.0683 e. The van der Waals surface area contributed by atoms with Crippen LogP contribution in [0.25, 0.3) is 0 Å². The molecule has 0 heteroatoms. The van der Waals surface area contributed by atoms with E-state index in [-0.39, 0.29) is 0 Å². The third-order valence-corrected chi connectivity index (χ3v) is 3.65. The molecule has 0 nitrogen and oxygen atoms in total. The van der Waals surface area contributed by atoms with Gasteiger partial charge in [-0.25, -0.2) is 0 Å². The highest BCUT2D eigenvalue weighted by Crippen LogP contribution is 2.44. The molecule has 1 saturated carbocycles. The fourth-order valence-electron chi connectivity index (χ4n) is 2.67. The quantitative estimate of drug-likeness (QED) is 0.548. The molecule has 0 aromatic rings. The van der Waals surface area contributed by atoms with E-state index >= 15 is 0 Å². The Balaban J connectivity index is 0.000000791. The highest BCUT2D eigenvalue weighted by molar-refractivity contribution is 4.84. The summed E-state index contributed by atoms with van der Waals surface area (Å²) in [6.45, 7) is 16.0. The topological polar surface area (TPSA) is 0 Å². The molecule has 0 amide bonds. The third-order valence-electron chi connectivity index (χ3n) is 3.65. The molecule has 0 aromatic carbocycles. The molecule has 1 fully saturated rings. The van der Waals surface area contributed by atoms with Gasteiger partial charge in [-0.3, -0.25) is 0 Å².